The van der Waals surface area contributed by atoms with Crippen LogP contribution in [0.1, 0.15) is 30.4 Å². The summed E-state index contributed by atoms with van der Waals surface area (Å²) in [5.74, 6) is 0.172. The number of carbonyl (C=O) groups is 1. The van der Waals surface area contributed by atoms with Crippen molar-refractivity contribution in [2.75, 3.05) is 6.26 Å². The molecule has 1 saturated carbocycles. The van der Waals surface area contributed by atoms with Crippen LogP contribution in [0.3, 0.4) is 0 Å². The first-order valence-electron chi connectivity index (χ1n) is 7.39. The van der Waals surface area contributed by atoms with Gasteiger partial charge in [0.05, 0.1) is 6.04 Å². The van der Waals surface area contributed by atoms with Crippen molar-refractivity contribution < 1.29 is 4.79 Å². The Morgan fingerprint density at radius 3 is 2.85 bits per heavy atom. The number of nitrogens with one attached hydrogen (secondary N) is 2. The molecule has 2 unspecified atom stereocenters. The fourth-order valence-corrected chi connectivity index (χ4v) is 4.02. The van der Waals surface area contributed by atoms with Gasteiger partial charge in [0.1, 0.15) is 0 Å². The molecule has 3 rings (SSSR count). The van der Waals surface area contributed by atoms with Gasteiger partial charge in [0.15, 0.2) is 0 Å². The zero-order valence-corrected chi connectivity index (χ0v) is 12.7. The highest BCUT2D eigenvalue weighted by molar-refractivity contribution is 7.99. The van der Waals surface area contributed by atoms with Crippen molar-refractivity contribution in [3.63, 3.8) is 0 Å². The van der Waals surface area contributed by atoms with Crippen LogP contribution in [0, 0.1) is 0 Å². The lowest BCUT2D eigenvalue weighted by Gasteiger charge is -2.26. The number of fused-ring (bicyclic) bond motifs is 1. The van der Waals surface area contributed by atoms with Crippen molar-refractivity contribution in [2.24, 2.45) is 0 Å². The maximum Gasteiger partial charge on any atom is 0.237 e. The quantitative estimate of drug-likeness (QED) is 0.896. The molecule has 0 saturated heterocycles. The van der Waals surface area contributed by atoms with Crippen LogP contribution in [0.2, 0.25) is 0 Å². The van der Waals surface area contributed by atoms with Gasteiger partial charge in [0.25, 0.3) is 0 Å². The lowest BCUT2D eigenvalue weighted by molar-refractivity contribution is -0.124. The topological polar surface area (TPSA) is 41.1 Å². The van der Waals surface area contributed by atoms with Gasteiger partial charge in [-0.15, -0.1) is 0 Å². The molecular formula is C16H22N2OS. The van der Waals surface area contributed by atoms with Gasteiger partial charge in [-0.05, 0) is 43.1 Å². The van der Waals surface area contributed by atoms with Crippen LogP contribution in [0.5, 0.6) is 0 Å². The molecule has 2 N–H and O–H groups in total. The highest BCUT2D eigenvalue weighted by atomic mass is 32.2. The second-order valence-electron chi connectivity index (χ2n) is 5.78. The van der Waals surface area contributed by atoms with Gasteiger partial charge < -0.3 is 10.6 Å². The Morgan fingerprint density at radius 1 is 1.30 bits per heavy atom. The number of benzene rings is 1. The number of amides is 1. The minimum Gasteiger partial charge on any atom is -0.352 e. The first-order chi connectivity index (χ1) is 9.76. The zero-order chi connectivity index (χ0) is 13.9. The number of hydrogen-bond acceptors (Lipinski definition) is 3. The Labute approximate surface area is 124 Å². The van der Waals surface area contributed by atoms with Gasteiger partial charge in [0.2, 0.25) is 5.91 Å². The molecule has 1 aliphatic heterocycles. The first-order valence-corrected chi connectivity index (χ1v) is 8.68. The summed E-state index contributed by atoms with van der Waals surface area (Å²) in [5, 5.41) is 7.31. The summed E-state index contributed by atoms with van der Waals surface area (Å²) < 4.78 is 0. The van der Waals surface area contributed by atoms with Gasteiger partial charge in [0, 0.05) is 17.8 Å². The van der Waals surface area contributed by atoms with Crippen LogP contribution in [-0.2, 0) is 17.8 Å². The molecule has 1 aromatic carbocycles. The summed E-state index contributed by atoms with van der Waals surface area (Å²) in [5.41, 5.74) is 2.62. The van der Waals surface area contributed by atoms with Crippen LogP contribution in [0.4, 0.5) is 0 Å². The van der Waals surface area contributed by atoms with Crippen LogP contribution >= 0.6 is 11.8 Å². The van der Waals surface area contributed by atoms with E-state index >= 15 is 0 Å². The number of hydrogen-bond donors (Lipinski definition) is 2. The van der Waals surface area contributed by atoms with Crippen LogP contribution in [0.15, 0.2) is 24.3 Å². The molecule has 1 aromatic rings. The average molecular weight is 290 g/mol. The monoisotopic (exact) mass is 290 g/mol. The van der Waals surface area contributed by atoms with Crippen LogP contribution in [0.25, 0.3) is 0 Å². The first kappa shape index (κ1) is 14.0. The minimum absolute atomic E-state index is 0.0711. The molecule has 1 aliphatic carbocycles. The normalized spacial score (nSPS) is 28.9. The molecule has 0 bridgehead atoms. The molecule has 1 amide bonds. The van der Waals surface area contributed by atoms with Gasteiger partial charge in [-0.1, -0.05) is 24.3 Å². The molecule has 1 heterocycles. The Morgan fingerprint density at radius 2 is 2.10 bits per heavy atom. The van der Waals surface area contributed by atoms with E-state index in [1.165, 1.54) is 17.5 Å². The molecule has 4 heteroatoms. The Bertz CT molecular complexity index is 491. The summed E-state index contributed by atoms with van der Waals surface area (Å²) >= 11 is 1.92. The second kappa shape index (κ2) is 6.19. The molecule has 3 atom stereocenters. The zero-order valence-electron chi connectivity index (χ0n) is 11.9. The number of thioether (sulfide) groups is 1. The van der Waals surface area contributed by atoms with Gasteiger partial charge >= 0.3 is 0 Å². The van der Waals surface area contributed by atoms with Crippen LogP contribution in [-0.4, -0.2) is 29.5 Å². The molecule has 0 aromatic heterocycles. The third kappa shape index (κ3) is 3.01. The summed E-state index contributed by atoms with van der Waals surface area (Å²) in [4.78, 5) is 12.4. The average Bonchev–Trinajstić information content (AvgIpc) is 2.94. The predicted molar refractivity (Wildman–Crippen MR) is 83.9 cm³/mol. The van der Waals surface area contributed by atoms with Crippen molar-refractivity contribution in [1.82, 2.24) is 10.6 Å². The van der Waals surface area contributed by atoms with E-state index in [2.05, 4.69) is 41.2 Å². The molecule has 0 radical (unpaired) electrons. The van der Waals surface area contributed by atoms with Gasteiger partial charge in [-0.2, -0.15) is 11.8 Å². The Hall–Kier alpha value is -1.00. The highest BCUT2D eigenvalue weighted by Crippen LogP contribution is 2.28. The predicted octanol–water partition coefficient (Wildman–Crippen LogP) is 2.10. The minimum atomic E-state index is -0.0711. The third-order valence-electron chi connectivity index (χ3n) is 4.46. The second-order valence-corrected chi connectivity index (χ2v) is 6.92. The van der Waals surface area contributed by atoms with E-state index in [4.69, 9.17) is 0 Å². The summed E-state index contributed by atoms with van der Waals surface area (Å²) in [6, 6.07) is 8.69. The van der Waals surface area contributed by atoms with Crippen molar-refractivity contribution in [2.45, 2.75) is 49.6 Å². The SMILES string of the molecule is CSC1CCC(NC(=O)[C@H]2Cc3ccccc3CN2)C1. The standard InChI is InChI=1S/C16H22N2OS/c1-20-14-7-6-13(9-14)18-16(19)15-8-11-4-2-3-5-12(11)10-17-15/h2-5,13-15,17H,6-10H2,1H3,(H,18,19)/t13?,14?,15-/m1/s1. The van der Waals surface area contributed by atoms with E-state index in [-0.39, 0.29) is 11.9 Å². The summed E-state index contributed by atoms with van der Waals surface area (Å²) in [6.07, 6.45) is 6.44. The van der Waals surface area contributed by atoms with Crippen LogP contribution < -0.4 is 10.6 Å². The smallest absolute Gasteiger partial charge is 0.237 e. The van der Waals surface area contributed by atoms with E-state index in [0.29, 0.717) is 6.04 Å². The molecule has 3 nitrogen and oxygen atoms in total. The van der Waals surface area contributed by atoms with Crippen molar-refractivity contribution in [3.8, 4) is 0 Å². The largest absolute Gasteiger partial charge is 0.352 e. The van der Waals surface area contributed by atoms with Gasteiger partial charge in [-0.25, -0.2) is 0 Å². The molecule has 0 spiro atoms. The molecule has 1 fully saturated rings. The highest BCUT2D eigenvalue weighted by Gasteiger charge is 2.29. The van der Waals surface area contributed by atoms with E-state index < -0.39 is 0 Å². The van der Waals surface area contributed by atoms with Gasteiger partial charge in [-0.3, -0.25) is 4.79 Å². The van der Waals surface area contributed by atoms with E-state index in [0.717, 1.165) is 31.1 Å². The van der Waals surface area contributed by atoms with Crippen molar-refractivity contribution in [3.05, 3.63) is 35.4 Å². The third-order valence-corrected chi connectivity index (χ3v) is 5.56. The molecule has 108 valence electrons. The van der Waals surface area contributed by atoms with E-state index in [9.17, 15) is 4.79 Å². The van der Waals surface area contributed by atoms with E-state index in [1.54, 1.807) is 0 Å². The lowest BCUT2D eigenvalue weighted by Crippen LogP contribution is -2.50. The molecule has 2 aliphatic rings. The Kier molecular flexibility index (Phi) is 4.32. The van der Waals surface area contributed by atoms with Crippen molar-refractivity contribution in [1.29, 1.82) is 0 Å². The summed E-state index contributed by atoms with van der Waals surface area (Å²) in [7, 11) is 0. The summed E-state index contributed by atoms with van der Waals surface area (Å²) in [6.45, 7) is 0.798. The number of carbonyl (C=O) groups excluding carboxylic acids is 1. The maximum absolute atomic E-state index is 12.4. The molecule has 20 heavy (non-hydrogen) atoms. The number of rotatable bonds is 3. The Balaban J connectivity index is 1.57. The maximum atomic E-state index is 12.4. The fraction of sp³-hybridized carbons (Fsp3) is 0.562. The lowest BCUT2D eigenvalue weighted by atomic mass is 9.95. The van der Waals surface area contributed by atoms with E-state index in [1.807, 2.05) is 11.8 Å². The van der Waals surface area contributed by atoms with Crippen molar-refractivity contribution >= 4 is 17.7 Å². The fourth-order valence-electron chi connectivity index (χ4n) is 3.23. The molecular weight excluding hydrogens is 268 g/mol.